The van der Waals surface area contributed by atoms with Crippen LogP contribution in [0.4, 0.5) is 0 Å². The van der Waals surface area contributed by atoms with Gasteiger partial charge < -0.3 is 9.29 Å². The van der Waals surface area contributed by atoms with Gasteiger partial charge in [-0.25, -0.2) is 8.42 Å². The monoisotopic (exact) mass is 290 g/mol. The van der Waals surface area contributed by atoms with Gasteiger partial charge in [-0.05, 0) is 6.42 Å². The molecule has 0 aromatic carbocycles. The maximum absolute atomic E-state index is 10.5. The second-order valence-corrected chi connectivity index (χ2v) is 5.59. The minimum atomic E-state index is -4.16. The van der Waals surface area contributed by atoms with Crippen LogP contribution in [-0.4, -0.2) is 31.9 Å². The van der Waals surface area contributed by atoms with E-state index >= 15 is 0 Å². The number of unbranched alkanes of at least 4 members (excludes halogenated alkanes) is 5. The Labute approximate surface area is 148 Å². The topological polar surface area (TPSA) is 66.4 Å². The zero-order valence-electron chi connectivity index (χ0n) is 11.3. The second-order valence-electron chi connectivity index (χ2n) is 4.14. The molecule has 0 spiro atoms. The first-order valence-electron chi connectivity index (χ1n) is 5.96. The van der Waals surface area contributed by atoms with Crippen LogP contribution < -0.4 is 51.4 Å². The van der Waals surface area contributed by atoms with E-state index < -0.39 is 22.0 Å². The first kappa shape index (κ1) is 20.8. The summed E-state index contributed by atoms with van der Waals surface area (Å²) < 4.78 is 36.6. The Kier molecular flexibility index (Phi) is 15.3. The normalized spacial score (nSPS) is 13.1. The summed E-state index contributed by atoms with van der Waals surface area (Å²) in [4.78, 5) is 0. The van der Waals surface area contributed by atoms with Crippen LogP contribution >= 0.6 is 0 Å². The zero-order chi connectivity index (χ0) is 12.4. The largest absolute Gasteiger partial charge is 1.00 e. The molecule has 0 bridgehead atoms. The molecule has 0 saturated heterocycles. The molecule has 0 radical (unpaired) electrons. The van der Waals surface area contributed by atoms with Crippen molar-refractivity contribution in [2.45, 2.75) is 58.0 Å². The van der Waals surface area contributed by atoms with E-state index in [9.17, 15) is 13.0 Å². The van der Waals surface area contributed by atoms with Gasteiger partial charge in [0, 0.05) is 7.11 Å². The number of hydrogen-bond donors (Lipinski definition) is 0. The molecule has 0 aliphatic heterocycles. The van der Waals surface area contributed by atoms with Gasteiger partial charge in [-0.1, -0.05) is 45.4 Å². The molecule has 0 saturated carbocycles. The fourth-order valence-corrected chi connectivity index (χ4v) is 2.41. The maximum Gasteiger partial charge on any atom is 1.00 e. The van der Waals surface area contributed by atoms with Gasteiger partial charge in [-0.15, -0.1) is 0 Å². The van der Waals surface area contributed by atoms with Gasteiger partial charge in [0.2, 0.25) is 0 Å². The summed E-state index contributed by atoms with van der Waals surface area (Å²) in [6.45, 7) is 2.17. The van der Waals surface area contributed by atoms with E-state index in [2.05, 4.69) is 6.92 Å². The third-order valence-corrected chi connectivity index (χ3v) is 3.38. The SMILES string of the molecule is CCCCCCCCC(CS(=O)(=O)[O-])OC.[K+]. The van der Waals surface area contributed by atoms with Gasteiger partial charge in [-0.2, -0.15) is 0 Å². The Morgan fingerprint density at radius 2 is 1.65 bits per heavy atom. The van der Waals surface area contributed by atoms with Crippen molar-refractivity contribution in [3.8, 4) is 0 Å². The van der Waals surface area contributed by atoms with E-state index in [0.717, 1.165) is 12.8 Å². The molecule has 0 aliphatic rings. The van der Waals surface area contributed by atoms with Crippen LogP contribution in [0.15, 0.2) is 0 Å². The van der Waals surface area contributed by atoms with Crippen LogP contribution in [-0.2, 0) is 14.9 Å². The minimum absolute atomic E-state index is 0. The molecule has 0 aliphatic carbocycles. The van der Waals surface area contributed by atoms with Crippen molar-refractivity contribution in [2.24, 2.45) is 0 Å². The van der Waals surface area contributed by atoms with Crippen LogP contribution in [0.2, 0.25) is 0 Å². The predicted molar refractivity (Wildman–Crippen MR) is 63.4 cm³/mol. The molecule has 0 amide bonds. The van der Waals surface area contributed by atoms with Crippen LogP contribution in [0, 0.1) is 0 Å². The Balaban J connectivity index is 0. The van der Waals surface area contributed by atoms with Crippen molar-refractivity contribution in [2.75, 3.05) is 12.9 Å². The van der Waals surface area contributed by atoms with Crippen molar-refractivity contribution in [3.63, 3.8) is 0 Å². The summed E-state index contributed by atoms with van der Waals surface area (Å²) in [5, 5.41) is 0. The third kappa shape index (κ3) is 15.4. The van der Waals surface area contributed by atoms with Crippen LogP contribution in [0.25, 0.3) is 0 Å². The third-order valence-electron chi connectivity index (χ3n) is 2.60. The fourth-order valence-electron chi connectivity index (χ4n) is 1.65. The first-order valence-corrected chi connectivity index (χ1v) is 7.53. The molecule has 0 rings (SSSR count). The van der Waals surface area contributed by atoms with Gasteiger partial charge in [-0.3, -0.25) is 0 Å². The van der Waals surface area contributed by atoms with E-state index in [1.54, 1.807) is 0 Å². The fraction of sp³-hybridized carbons (Fsp3) is 1.00. The number of hydrogen-bond acceptors (Lipinski definition) is 4. The Hall–Kier alpha value is 1.51. The van der Waals surface area contributed by atoms with Crippen molar-refractivity contribution < 1.29 is 69.1 Å². The molecular formula is C11H23KO4S. The molecule has 1 atom stereocenters. The Morgan fingerprint density at radius 3 is 2.12 bits per heavy atom. The van der Waals surface area contributed by atoms with E-state index in [1.807, 2.05) is 0 Å². The summed E-state index contributed by atoms with van der Waals surface area (Å²) in [5.41, 5.74) is 0. The molecular weight excluding hydrogens is 267 g/mol. The molecule has 0 aromatic heterocycles. The van der Waals surface area contributed by atoms with Crippen LogP contribution in [0.3, 0.4) is 0 Å². The minimum Gasteiger partial charge on any atom is -0.748 e. The molecule has 0 aromatic rings. The molecule has 1 unspecified atom stereocenters. The molecule has 6 heteroatoms. The second kappa shape index (κ2) is 12.5. The van der Waals surface area contributed by atoms with E-state index in [4.69, 9.17) is 4.74 Å². The summed E-state index contributed by atoms with van der Waals surface area (Å²) in [6, 6.07) is 0. The molecule has 0 N–H and O–H groups in total. The van der Waals surface area contributed by atoms with Crippen molar-refractivity contribution >= 4 is 10.1 Å². The molecule has 0 fully saturated rings. The van der Waals surface area contributed by atoms with Crippen molar-refractivity contribution in [1.82, 2.24) is 0 Å². The standard InChI is InChI=1S/C11H24O4S.K/c1-3-4-5-6-7-8-9-11(15-2)10-16(12,13)14;/h11H,3-10H2,1-2H3,(H,12,13,14);/q;+1/p-1. The van der Waals surface area contributed by atoms with Crippen molar-refractivity contribution in [3.05, 3.63) is 0 Å². The summed E-state index contributed by atoms with van der Waals surface area (Å²) in [5.74, 6) is -0.404. The smallest absolute Gasteiger partial charge is 0.748 e. The first-order chi connectivity index (χ1) is 7.49. The average molecular weight is 290 g/mol. The van der Waals surface area contributed by atoms with Gasteiger partial charge >= 0.3 is 51.4 Å². The zero-order valence-corrected chi connectivity index (χ0v) is 15.2. The van der Waals surface area contributed by atoms with E-state index in [0.29, 0.717) is 6.42 Å². The predicted octanol–water partition coefficient (Wildman–Crippen LogP) is -0.699. The molecule has 0 heterocycles. The summed E-state index contributed by atoms with van der Waals surface area (Å²) in [7, 11) is -2.71. The summed E-state index contributed by atoms with van der Waals surface area (Å²) in [6.07, 6.45) is 7.11. The number of rotatable bonds is 10. The molecule has 98 valence electrons. The molecule has 17 heavy (non-hydrogen) atoms. The van der Waals surface area contributed by atoms with E-state index in [-0.39, 0.29) is 51.4 Å². The number of ether oxygens (including phenoxy) is 1. The van der Waals surface area contributed by atoms with Crippen molar-refractivity contribution in [1.29, 1.82) is 0 Å². The quantitative estimate of drug-likeness (QED) is 0.303. The van der Waals surface area contributed by atoms with Gasteiger partial charge in [0.05, 0.1) is 22.0 Å². The van der Waals surface area contributed by atoms with Crippen LogP contribution in [0.1, 0.15) is 51.9 Å². The summed E-state index contributed by atoms with van der Waals surface area (Å²) >= 11 is 0. The maximum atomic E-state index is 10.5. The van der Waals surface area contributed by atoms with Gasteiger partial charge in [0.1, 0.15) is 0 Å². The molecule has 4 nitrogen and oxygen atoms in total. The van der Waals surface area contributed by atoms with Crippen LogP contribution in [0.5, 0.6) is 0 Å². The van der Waals surface area contributed by atoms with Gasteiger partial charge in [0.25, 0.3) is 0 Å². The Bertz CT molecular complexity index is 254. The average Bonchev–Trinajstić information content (AvgIpc) is 2.19. The Morgan fingerprint density at radius 1 is 1.12 bits per heavy atom. The number of methoxy groups -OCH3 is 1. The van der Waals surface area contributed by atoms with Gasteiger partial charge in [0.15, 0.2) is 0 Å². The van der Waals surface area contributed by atoms with E-state index in [1.165, 1.54) is 32.8 Å².